The molecule has 0 saturated carbocycles. The third-order valence-electron chi connectivity index (χ3n) is 2.00. The molecule has 0 heterocycles. The molecule has 0 aliphatic heterocycles. The smallest absolute Gasteiger partial charge is 0.410 e. The van der Waals surface area contributed by atoms with Crippen LogP contribution in [-0.2, 0) is 0 Å². The van der Waals surface area contributed by atoms with Crippen molar-refractivity contribution in [2.45, 2.75) is 19.8 Å². The molecule has 0 spiro atoms. The van der Waals surface area contributed by atoms with Crippen LogP contribution in [0.25, 0.3) is 0 Å². The lowest BCUT2D eigenvalue weighted by atomic mass is 10.0. The van der Waals surface area contributed by atoms with Crippen LogP contribution in [0.4, 0.5) is 9.18 Å². The topological polar surface area (TPSA) is 38.3 Å². The van der Waals surface area contributed by atoms with Gasteiger partial charge in [-0.05, 0) is 29.7 Å². The highest BCUT2D eigenvalue weighted by molar-refractivity contribution is 5.69. The van der Waals surface area contributed by atoms with Crippen molar-refractivity contribution >= 4 is 6.09 Å². The number of halogens is 1. The van der Waals surface area contributed by atoms with Crippen molar-refractivity contribution in [1.29, 1.82) is 0 Å². The molecule has 82 valence electrons. The van der Waals surface area contributed by atoms with E-state index in [9.17, 15) is 9.18 Å². The van der Waals surface area contributed by atoms with Gasteiger partial charge in [0, 0.05) is 7.05 Å². The summed E-state index contributed by atoms with van der Waals surface area (Å²) in [6, 6.07) is 4.26. The lowest BCUT2D eigenvalue weighted by Crippen LogP contribution is -2.22. The number of amides is 1. The van der Waals surface area contributed by atoms with E-state index in [1.807, 2.05) is 13.8 Å². The molecule has 15 heavy (non-hydrogen) atoms. The van der Waals surface area contributed by atoms with E-state index in [-0.39, 0.29) is 11.7 Å². The molecular weight excluding hydrogens is 197 g/mol. The van der Waals surface area contributed by atoms with Crippen LogP contribution in [0.3, 0.4) is 0 Å². The summed E-state index contributed by atoms with van der Waals surface area (Å²) in [5.74, 6) is 0.118. The fraction of sp³-hybridized carbons (Fsp3) is 0.364. The highest BCUT2D eigenvalue weighted by Gasteiger charge is 2.09. The van der Waals surface area contributed by atoms with Crippen LogP contribution in [0.1, 0.15) is 25.3 Å². The van der Waals surface area contributed by atoms with Gasteiger partial charge in [0.1, 0.15) is 11.6 Å². The Hall–Kier alpha value is -1.58. The van der Waals surface area contributed by atoms with Gasteiger partial charge in [-0.2, -0.15) is 0 Å². The molecule has 1 amide bonds. The molecule has 0 radical (unpaired) electrons. The summed E-state index contributed by atoms with van der Waals surface area (Å²) in [4.78, 5) is 10.9. The van der Waals surface area contributed by atoms with Crippen LogP contribution < -0.4 is 10.1 Å². The minimum absolute atomic E-state index is 0.0539. The average Bonchev–Trinajstić information content (AvgIpc) is 2.20. The molecule has 1 rings (SSSR count). The van der Waals surface area contributed by atoms with E-state index in [2.05, 4.69) is 5.32 Å². The van der Waals surface area contributed by atoms with Crippen molar-refractivity contribution in [2.75, 3.05) is 7.05 Å². The van der Waals surface area contributed by atoms with Crippen molar-refractivity contribution < 1.29 is 13.9 Å². The third-order valence-corrected chi connectivity index (χ3v) is 2.00. The highest BCUT2D eigenvalue weighted by atomic mass is 19.1. The predicted molar refractivity (Wildman–Crippen MR) is 55.6 cm³/mol. The number of benzene rings is 1. The first kappa shape index (κ1) is 11.5. The van der Waals surface area contributed by atoms with Crippen molar-refractivity contribution in [3.8, 4) is 5.75 Å². The van der Waals surface area contributed by atoms with E-state index < -0.39 is 6.09 Å². The Balaban J connectivity index is 2.92. The van der Waals surface area contributed by atoms with Gasteiger partial charge in [0.2, 0.25) is 0 Å². The zero-order valence-electron chi connectivity index (χ0n) is 9.00. The lowest BCUT2D eigenvalue weighted by Gasteiger charge is -2.09. The molecule has 0 fully saturated rings. The van der Waals surface area contributed by atoms with Crippen LogP contribution in [0.5, 0.6) is 5.75 Å². The molecule has 3 nitrogen and oxygen atoms in total. The Labute approximate surface area is 88.2 Å². The van der Waals surface area contributed by atoms with Gasteiger partial charge in [-0.1, -0.05) is 13.8 Å². The molecule has 0 aromatic heterocycles. The van der Waals surface area contributed by atoms with E-state index in [4.69, 9.17) is 4.74 Å². The molecule has 4 heteroatoms. The molecule has 0 bridgehead atoms. The maximum atomic E-state index is 13.3. The van der Waals surface area contributed by atoms with Crippen LogP contribution in [-0.4, -0.2) is 13.1 Å². The van der Waals surface area contributed by atoms with E-state index in [0.717, 1.165) is 0 Å². The minimum Gasteiger partial charge on any atom is -0.410 e. The van der Waals surface area contributed by atoms with Crippen molar-refractivity contribution in [2.24, 2.45) is 0 Å². The SMILES string of the molecule is CNC(=O)Oc1ccc(F)c(C(C)C)c1. The second-order valence-electron chi connectivity index (χ2n) is 3.48. The Morgan fingerprint density at radius 3 is 2.67 bits per heavy atom. The highest BCUT2D eigenvalue weighted by Crippen LogP contribution is 2.23. The number of rotatable bonds is 2. The molecule has 1 aromatic rings. The quantitative estimate of drug-likeness (QED) is 0.816. The molecular formula is C11H14FNO2. The van der Waals surface area contributed by atoms with Crippen molar-refractivity contribution in [1.82, 2.24) is 5.32 Å². The molecule has 0 saturated heterocycles. The molecule has 0 atom stereocenters. The second-order valence-corrected chi connectivity index (χ2v) is 3.48. The molecule has 0 unspecified atom stereocenters. The fourth-order valence-corrected chi connectivity index (χ4v) is 1.19. The Morgan fingerprint density at radius 2 is 2.13 bits per heavy atom. The van der Waals surface area contributed by atoms with Gasteiger partial charge in [-0.3, -0.25) is 0 Å². The largest absolute Gasteiger partial charge is 0.412 e. The number of hydrogen-bond acceptors (Lipinski definition) is 2. The van der Waals surface area contributed by atoms with Gasteiger partial charge in [0.05, 0.1) is 0 Å². The van der Waals surface area contributed by atoms with Crippen LogP contribution in [0.2, 0.25) is 0 Å². The van der Waals surface area contributed by atoms with Crippen LogP contribution in [0, 0.1) is 5.82 Å². The maximum absolute atomic E-state index is 13.3. The lowest BCUT2D eigenvalue weighted by molar-refractivity contribution is 0.203. The number of carbonyl (C=O) groups is 1. The van der Waals surface area contributed by atoms with E-state index in [1.165, 1.54) is 25.2 Å². The first-order valence-corrected chi connectivity index (χ1v) is 4.73. The summed E-state index contributed by atoms with van der Waals surface area (Å²) in [6.45, 7) is 3.75. The average molecular weight is 211 g/mol. The number of ether oxygens (including phenoxy) is 1. The first-order chi connectivity index (χ1) is 7.04. The summed E-state index contributed by atoms with van der Waals surface area (Å²) >= 11 is 0. The number of hydrogen-bond donors (Lipinski definition) is 1. The summed E-state index contributed by atoms with van der Waals surface area (Å²) < 4.78 is 18.2. The summed E-state index contributed by atoms with van der Waals surface area (Å²) in [5.41, 5.74) is 0.538. The molecule has 0 aliphatic carbocycles. The first-order valence-electron chi connectivity index (χ1n) is 4.73. The van der Waals surface area contributed by atoms with Gasteiger partial charge in [0.15, 0.2) is 0 Å². The normalized spacial score (nSPS) is 10.2. The summed E-state index contributed by atoms with van der Waals surface area (Å²) in [5, 5.41) is 2.32. The zero-order valence-corrected chi connectivity index (χ0v) is 9.00. The zero-order chi connectivity index (χ0) is 11.4. The fourth-order valence-electron chi connectivity index (χ4n) is 1.19. The van der Waals surface area contributed by atoms with Gasteiger partial charge < -0.3 is 10.1 Å². The molecule has 0 aliphatic rings. The van der Waals surface area contributed by atoms with Crippen LogP contribution in [0.15, 0.2) is 18.2 Å². The van der Waals surface area contributed by atoms with Crippen molar-refractivity contribution in [3.63, 3.8) is 0 Å². The van der Waals surface area contributed by atoms with Gasteiger partial charge in [-0.15, -0.1) is 0 Å². The van der Waals surface area contributed by atoms with E-state index >= 15 is 0 Å². The van der Waals surface area contributed by atoms with Gasteiger partial charge in [0.25, 0.3) is 0 Å². The predicted octanol–water partition coefficient (Wildman–Crippen LogP) is 2.67. The van der Waals surface area contributed by atoms with Crippen LogP contribution >= 0.6 is 0 Å². The van der Waals surface area contributed by atoms with Gasteiger partial charge in [-0.25, -0.2) is 9.18 Å². The third kappa shape index (κ3) is 2.94. The molecule has 1 N–H and O–H groups in total. The number of nitrogens with one attached hydrogen (secondary N) is 1. The van der Waals surface area contributed by atoms with E-state index in [1.54, 1.807) is 0 Å². The minimum atomic E-state index is -0.559. The Bertz CT molecular complexity index is 364. The summed E-state index contributed by atoms with van der Waals surface area (Å²) in [6.07, 6.45) is -0.559. The monoisotopic (exact) mass is 211 g/mol. The van der Waals surface area contributed by atoms with Crippen molar-refractivity contribution in [3.05, 3.63) is 29.6 Å². The number of carbonyl (C=O) groups excluding carboxylic acids is 1. The van der Waals surface area contributed by atoms with E-state index in [0.29, 0.717) is 11.3 Å². The Kier molecular flexibility index (Phi) is 3.66. The maximum Gasteiger partial charge on any atom is 0.412 e. The second kappa shape index (κ2) is 4.77. The standard InChI is InChI=1S/C11H14FNO2/c1-7(2)9-6-8(4-5-10(9)12)15-11(14)13-3/h4-7H,1-3H3,(H,13,14). The van der Waals surface area contributed by atoms with Gasteiger partial charge >= 0.3 is 6.09 Å². The summed E-state index contributed by atoms with van der Waals surface area (Å²) in [7, 11) is 1.47. The Morgan fingerprint density at radius 1 is 1.47 bits per heavy atom. The molecule has 1 aromatic carbocycles.